The maximum absolute atomic E-state index is 12.4. The van der Waals surface area contributed by atoms with Gasteiger partial charge in [-0.15, -0.1) is 0 Å². The van der Waals surface area contributed by atoms with Crippen LogP contribution in [0.2, 0.25) is 5.02 Å². The van der Waals surface area contributed by atoms with Crippen molar-refractivity contribution in [3.63, 3.8) is 0 Å². The van der Waals surface area contributed by atoms with Gasteiger partial charge in [-0.3, -0.25) is 0 Å². The molecule has 1 aliphatic rings. The van der Waals surface area contributed by atoms with E-state index in [4.69, 9.17) is 22.1 Å². The highest BCUT2D eigenvalue weighted by Gasteiger charge is 2.22. The highest BCUT2D eigenvalue weighted by atomic mass is 35.5. The topological polar surface area (TPSA) is 71.3 Å². The van der Waals surface area contributed by atoms with E-state index in [0.29, 0.717) is 29.5 Å². The number of aromatic amines is 1. The number of hydrogen-bond acceptors (Lipinski definition) is 3. The van der Waals surface area contributed by atoms with Crippen LogP contribution >= 0.6 is 11.6 Å². The zero-order chi connectivity index (χ0) is 16.9. The van der Waals surface area contributed by atoms with E-state index in [2.05, 4.69) is 4.98 Å². The summed E-state index contributed by atoms with van der Waals surface area (Å²) in [6.07, 6.45) is 2.16. The molecule has 2 heterocycles. The molecule has 1 aromatic carbocycles. The Morgan fingerprint density at radius 1 is 1.17 bits per heavy atom. The second-order valence-electron chi connectivity index (χ2n) is 5.50. The summed E-state index contributed by atoms with van der Waals surface area (Å²) in [6.45, 7) is 1.04. The molecule has 0 fully saturated rings. The molecule has 0 bridgehead atoms. The van der Waals surface area contributed by atoms with Crippen molar-refractivity contribution in [3.8, 4) is 5.75 Å². The lowest BCUT2D eigenvalue weighted by molar-refractivity contribution is 0.146. The van der Waals surface area contributed by atoms with E-state index in [0.717, 1.165) is 17.7 Å². The molecule has 3 N–H and O–H groups in total. The molecule has 2 aromatic rings. The fourth-order valence-corrected chi connectivity index (χ4v) is 2.62. The zero-order valence-electron chi connectivity index (χ0n) is 13.0. The molecular weight excluding hydrogens is 326 g/mol. The fourth-order valence-electron chi connectivity index (χ4n) is 2.48. The van der Waals surface area contributed by atoms with Gasteiger partial charge in [0.05, 0.1) is 6.54 Å². The minimum absolute atomic E-state index is 0.378. The predicted molar refractivity (Wildman–Crippen MR) is 94.4 cm³/mol. The van der Waals surface area contributed by atoms with Gasteiger partial charge in [-0.05, 0) is 54.4 Å². The lowest BCUT2D eigenvalue weighted by Gasteiger charge is -2.27. The van der Waals surface area contributed by atoms with E-state index in [1.54, 1.807) is 41.4 Å². The van der Waals surface area contributed by atoms with Crippen LogP contribution in [0, 0.1) is 0 Å². The zero-order valence-corrected chi connectivity index (χ0v) is 13.8. The van der Waals surface area contributed by atoms with Gasteiger partial charge >= 0.3 is 6.09 Å². The fraction of sp³-hybridized carbons (Fsp3) is 0.167. The molecule has 0 saturated heterocycles. The third-order valence-corrected chi connectivity index (χ3v) is 4.04. The van der Waals surface area contributed by atoms with Gasteiger partial charge in [-0.1, -0.05) is 17.7 Å². The number of nitrogens with two attached hydrogens (primary N) is 1. The van der Waals surface area contributed by atoms with Gasteiger partial charge < -0.3 is 20.4 Å². The molecule has 24 heavy (non-hydrogen) atoms. The molecule has 0 saturated carbocycles. The number of carbonyl (C=O) groups is 1. The number of ether oxygens (including phenoxy) is 1. The number of H-pyrrole nitrogens is 1. The van der Waals surface area contributed by atoms with Crippen LogP contribution < -0.4 is 10.5 Å². The molecule has 0 spiro atoms. The van der Waals surface area contributed by atoms with Crippen LogP contribution in [0.25, 0.3) is 0 Å². The third-order valence-electron chi connectivity index (χ3n) is 3.78. The smallest absolute Gasteiger partial charge is 0.410 e. The van der Waals surface area contributed by atoms with E-state index in [1.807, 2.05) is 18.2 Å². The highest BCUT2D eigenvalue weighted by molar-refractivity contribution is 6.30. The van der Waals surface area contributed by atoms with Crippen LogP contribution in [0.1, 0.15) is 11.3 Å². The molecule has 0 unspecified atom stereocenters. The SMILES string of the molecule is Nc1ccc(OC(=O)N2CCc3ccc(Cl)ccc[nH]c3C2)cc1. The molecular formula is C18H18ClN3O2. The Hall–Kier alpha value is -2.66. The number of anilines is 1. The predicted octanol–water partition coefficient (Wildman–Crippen LogP) is 3.93. The van der Waals surface area contributed by atoms with Crippen molar-refractivity contribution in [1.82, 2.24) is 9.88 Å². The van der Waals surface area contributed by atoms with Gasteiger partial charge in [-0.2, -0.15) is 0 Å². The van der Waals surface area contributed by atoms with E-state index in [1.165, 1.54) is 0 Å². The summed E-state index contributed by atoms with van der Waals surface area (Å²) in [6, 6.07) is 14.2. The number of halogens is 1. The van der Waals surface area contributed by atoms with E-state index in [9.17, 15) is 4.79 Å². The lowest BCUT2D eigenvalue weighted by Crippen LogP contribution is -2.38. The first-order chi connectivity index (χ1) is 11.6. The molecule has 5 nitrogen and oxygen atoms in total. The maximum Gasteiger partial charge on any atom is 0.415 e. The second kappa shape index (κ2) is 7.27. The van der Waals surface area contributed by atoms with Crippen LogP contribution in [-0.4, -0.2) is 22.5 Å². The molecule has 124 valence electrons. The molecule has 1 amide bonds. The standard InChI is InChI=1S/C18H18ClN3O2/c19-14-2-1-10-21-17-12-22(11-9-13(17)3-4-14)18(23)24-16-7-5-15(20)6-8-16/h1-8,10,21H,9,11-12,20H2. The van der Waals surface area contributed by atoms with Crippen molar-refractivity contribution in [2.24, 2.45) is 0 Å². The Morgan fingerprint density at radius 3 is 2.75 bits per heavy atom. The Kier molecular flexibility index (Phi) is 4.91. The van der Waals surface area contributed by atoms with Gasteiger partial charge in [0.1, 0.15) is 5.75 Å². The van der Waals surface area contributed by atoms with Gasteiger partial charge in [0.2, 0.25) is 0 Å². The van der Waals surface area contributed by atoms with E-state index < -0.39 is 0 Å². The van der Waals surface area contributed by atoms with Crippen molar-refractivity contribution in [1.29, 1.82) is 0 Å². The molecule has 0 radical (unpaired) electrons. The molecule has 0 atom stereocenters. The number of rotatable bonds is 1. The quantitative estimate of drug-likeness (QED) is 0.770. The van der Waals surface area contributed by atoms with E-state index in [-0.39, 0.29) is 6.09 Å². The molecule has 0 aliphatic carbocycles. The van der Waals surface area contributed by atoms with Crippen molar-refractivity contribution < 1.29 is 9.53 Å². The maximum atomic E-state index is 12.4. The number of benzene rings is 1. The Labute approximate surface area is 145 Å². The summed E-state index contributed by atoms with van der Waals surface area (Å²) in [5.41, 5.74) is 8.35. The summed E-state index contributed by atoms with van der Waals surface area (Å²) in [5.74, 6) is 0.479. The van der Waals surface area contributed by atoms with Gasteiger partial charge in [-0.25, -0.2) is 4.79 Å². The van der Waals surface area contributed by atoms with Crippen molar-refractivity contribution in [2.45, 2.75) is 13.0 Å². The highest BCUT2D eigenvalue weighted by Crippen LogP contribution is 2.19. The Balaban J connectivity index is 1.77. The summed E-state index contributed by atoms with van der Waals surface area (Å²) in [7, 11) is 0. The minimum atomic E-state index is -0.378. The first-order valence-electron chi connectivity index (χ1n) is 7.63. The molecule has 1 aromatic heterocycles. The number of amides is 1. The number of nitrogens with zero attached hydrogens (tertiary/aromatic N) is 1. The van der Waals surface area contributed by atoms with Crippen LogP contribution in [0.4, 0.5) is 10.5 Å². The van der Waals surface area contributed by atoms with Crippen LogP contribution in [0.5, 0.6) is 5.75 Å². The summed E-state index contributed by atoms with van der Waals surface area (Å²) < 4.78 is 5.40. The average Bonchev–Trinajstić information content (AvgIpc) is 2.67. The number of carbonyl (C=O) groups excluding carboxylic acids is 1. The normalized spacial score (nSPS) is 13.0. The third kappa shape index (κ3) is 4.00. The average molecular weight is 344 g/mol. The summed E-state index contributed by atoms with van der Waals surface area (Å²) in [5, 5.41) is 0.659. The van der Waals surface area contributed by atoms with Gasteiger partial charge in [0, 0.05) is 29.1 Å². The molecule has 6 heteroatoms. The second-order valence-corrected chi connectivity index (χ2v) is 5.94. The Morgan fingerprint density at radius 2 is 1.96 bits per heavy atom. The number of nitrogens with one attached hydrogen (secondary N) is 1. The van der Waals surface area contributed by atoms with Crippen LogP contribution in [0.15, 0.2) is 54.7 Å². The first kappa shape index (κ1) is 16.2. The van der Waals surface area contributed by atoms with Crippen LogP contribution in [0.3, 0.4) is 0 Å². The number of hydrogen-bond donors (Lipinski definition) is 2. The monoisotopic (exact) mass is 343 g/mol. The number of aromatic nitrogens is 1. The summed E-state index contributed by atoms with van der Waals surface area (Å²) >= 11 is 6.06. The summed E-state index contributed by atoms with van der Waals surface area (Å²) in [4.78, 5) is 17.2. The molecule has 3 rings (SSSR count). The minimum Gasteiger partial charge on any atom is -0.410 e. The molecule has 1 aliphatic heterocycles. The Bertz CT molecular complexity index is 785. The van der Waals surface area contributed by atoms with Gasteiger partial charge in [0.25, 0.3) is 0 Å². The first-order valence-corrected chi connectivity index (χ1v) is 8.01. The lowest BCUT2D eigenvalue weighted by atomic mass is 10.1. The van der Waals surface area contributed by atoms with Crippen molar-refractivity contribution >= 4 is 23.4 Å². The van der Waals surface area contributed by atoms with Crippen molar-refractivity contribution in [2.75, 3.05) is 12.3 Å². The largest absolute Gasteiger partial charge is 0.415 e. The van der Waals surface area contributed by atoms with Crippen molar-refractivity contribution in [3.05, 3.63) is 71.0 Å². The van der Waals surface area contributed by atoms with E-state index >= 15 is 0 Å². The van der Waals surface area contributed by atoms with Gasteiger partial charge in [0.15, 0.2) is 0 Å². The number of nitrogen functional groups attached to an aromatic ring is 1. The number of fused-ring (bicyclic) bond motifs is 1. The van der Waals surface area contributed by atoms with Crippen LogP contribution in [-0.2, 0) is 13.0 Å².